The lowest BCUT2D eigenvalue weighted by Gasteiger charge is -2.11. The van der Waals surface area contributed by atoms with Gasteiger partial charge in [-0.2, -0.15) is 0 Å². The SMILES string of the molecule is COc1cncc(Br)c1C1C(CN)C1(C)C. The third-order valence-electron chi connectivity index (χ3n) is 3.74. The van der Waals surface area contributed by atoms with E-state index in [-0.39, 0.29) is 5.41 Å². The Balaban J connectivity index is 2.42. The summed E-state index contributed by atoms with van der Waals surface area (Å²) in [5.74, 6) is 1.84. The Labute approximate surface area is 105 Å². The first-order valence-corrected chi connectivity index (χ1v) is 6.20. The highest BCUT2D eigenvalue weighted by atomic mass is 79.9. The standard InChI is InChI=1S/C12H17BrN2O/c1-12(2)7(4-14)11(12)10-8(13)5-15-6-9(10)16-3/h5-7,11H,4,14H2,1-3H3. The maximum Gasteiger partial charge on any atom is 0.141 e. The summed E-state index contributed by atoms with van der Waals surface area (Å²) in [4.78, 5) is 4.12. The third kappa shape index (κ3) is 1.64. The first-order chi connectivity index (χ1) is 7.54. The van der Waals surface area contributed by atoms with Gasteiger partial charge in [0.25, 0.3) is 0 Å². The molecule has 0 aliphatic heterocycles. The Hall–Kier alpha value is -0.610. The number of nitrogens with zero attached hydrogens (tertiary/aromatic N) is 1. The minimum atomic E-state index is 0.256. The van der Waals surface area contributed by atoms with Gasteiger partial charge in [-0.25, -0.2) is 0 Å². The van der Waals surface area contributed by atoms with Crippen molar-refractivity contribution in [2.75, 3.05) is 13.7 Å². The predicted octanol–water partition coefficient (Wildman–Crippen LogP) is 2.55. The Morgan fingerprint density at radius 3 is 2.69 bits per heavy atom. The first kappa shape index (κ1) is 11.9. The van der Waals surface area contributed by atoms with Gasteiger partial charge in [0.2, 0.25) is 0 Å². The molecule has 1 aliphatic carbocycles. The van der Waals surface area contributed by atoms with Crippen molar-refractivity contribution in [1.29, 1.82) is 0 Å². The van der Waals surface area contributed by atoms with Gasteiger partial charge in [0.1, 0.15) is 5.75 Å². The van der Waals surface area contributed by atoms with Crippen molar-refractivity contribution in [3.05, 3.63) is 22.4 Å². The molecule has 0 aromatic carbocycles. The van der Waals surface area contributed by atoms with Crippen molar-refractivity contribution < 1.29 is 4.74 Å². The average Bonchev–Trinajstić information content (AvgIpc) is 2.79. The summed E-state index contributed by atoms with van der Waals surface area (Å²) in [5, 5.41) is 0. The minimum Gasteiger partial charge on any atom is -0.495 e. The molecular weight excluding hydrogens is 268 g/mol. The number of hydrogen-bond acceptors (Lipinski definition) is 3. The maximum absolute atomic E-state index is 5.81. The fourth-order valence-electron chi connectivity index (χ4n) is 2.65. The summed E-state index contributed by atoms with van der Waals surface area (Å²) in [7, 11) is 1.68. The molecule has 1 aromatic rings. The van der Waals surface area contributed by atoms with E-state index in [1.165, 1.54) is 5.56 Å². The summed E-state index contributed by atoms with van der Waals surface area (Å²) in [6.45, 7) is 5.22. The normalized spacial score (nSPS) is 26.6. The lowest BCUT2D eigenvalue weighted by Crippen LogP contribution is -2.05. The van der Waals surface area contributed by atoms with Crippen molar-refractivity contribution in [3.63, 3.8) is 0 Å². The van der Waals surface area contributed by atoms with E-state index >= 15 is 0 Å². The van der Waals surface area contributed by atoms with Gasteiger partial charge in [0.05, 0.1) is 13.3 Å². The van der Waals surface area contributed by atoms with E-state index in [1.54, 1.807) is 13.3 Å². The van der Waals surface area contributed by atoms with Gasteiger partial charge in [0, 0.05) is 16.2 Å². The van der Waals surface area contributed by atoms with Crippen molar-refractivity contribution in [2.24, 2.45) is 17.1 Å². The molecule has 16 heavy (non-hydrogen) atoms. The van der Waals surface area contributed by atoms with Gasteiger partial charge >= 0.3 is 0 Å². The molecule has 4 heteroatoms. The van der Waals surface area contributed by atoms with Crippen LogP contribution in [0.25, 0.3) is 0 Å². The molecular formula is C12H17BrN2O. The highest BCUT2D eigenvalue weighted by Crippen LogP contribution is 2.66. The zero-order chi connectivity index (χ0) is 11.9. The molecule has 1 aromatic heterocycles. The van der Waals surface area contributed by atoms with E-state index in [0.29, 0.717) is 11.8 Å². The molecule has 0 amide bonds. The van der Waals surface area contributed by atoms with Crippen molar-refractivity contribution >= 4 is 15.9 Å². The molecule has 1 fully saturated rings. The summed E-state index contributed by atoms with van der Waals surface area (Å²) >= 11 is 3.55. The van der Waals surface area contributed by atoms with Crippen molar-refractivity contribution in [1.82, 2.24) is 4.98 Å². The fourth-order valence-corrected chi connectivity index (χ4v) is 3.21. The Morgan fingerprint density at radius 1 is 1.50 bits per heavy atom. The quantitative estimate of drug-likeness (QED) is 0.928. The molecule has 0 radical (unpaired) electrons. The van der Waals surface area contributed by atoms with Gasteiger partial charge in [-0.3, -0.25) is 4.98 Å². The number of pyridine rings is 1. The molecule has 2 unspecified atom stereocenters. The number of halogens is 1. The topological polar surface area (TPSA) is 48.1 Å². The van der Waals surface area contributed by atoms with Crippen LogP contribution in [0.15, 0.2) is 16.9 Å². The summed E-state index contributed by atoms with van der Waals surface area (Å²) in [6, 6.07) is 0. The molecule has 2 rings (SSSR count). The van der Waals surface area contributed by atoms with E-state index < -0.39 is 0 Å². The molecule has 0 bridgehead atoms. The van der Waals surface area contributed by atoms with Crippen LogP contribution in [0.5, 0.6) is 5.75 Å². The van der Waals surface area contributed by atoms with Crippen LogP contribution in [-0.4, -0.2) is 18.6 Å². The average molecular weight is 285 g/mol. The van der Waals surface area contributed by atoms with Crippen molar-refractivity contribution in [3.8, 4) is 5.75 Å². The number of hydrogen-bond donors (Lipinski definition) is 1. The monoisotopic (exact) mass is 284 g/mol. The molecule has 2 N–H and O–H groups in total. The van der Waals surface area contributed by atoms with E-state index in [1.807, 2.05) is 6.20 Å². The molecule has 1 saturated carbocycles. The summed E-state index contributed by atoms with van der Waals surface area (Å²) in [5.41, 5.74) is 7.27. The van der Waals surface area contributed by atoms with Crippen LogP contribution in [0.4, 0.5) is 0 Å². The molecule has 1 aliphatic rings. The third-order valence-corrected chi connectivity index (χ3v) is 4.37. The largest absolute Gasteiger partial charge is 0.495 e. The first-order valence-electron chi connectivity index (χ1n) is 5.41. The molecule has 0 spiro atoms. The van der Waals surface area contributed by atoms with Gasteiger partial charge in [-0.1, -0.05) is 13.8 Å². The second kappa shape index (κ2) is 4.00. The molecule has 2 atom stereocenters. The molecule has 1 heterocycles. The Kier molecular flexibility index (Phi) is 2.97. The van der Waals surface area contributed by atoms with Gasteiger partial charge < -0.3 is 10.5 Å². The van der Waals surface area contributed by atoms with Crippen LogP contribution in [0.1, 0.15) is 25.3 Å². The molecule has 88 valence electrons. The zero-order valence-electron chi connectivity index (χ0n) is 9.83. The van der Waals surface area contributed by atoms with Gasteiger partial charge in [-0.05, 0) is 39.7 Å². The smallest absolute Gasteiger partial charge is 0.141 e. The number of aromatic nitrogens is 1. The molecule has 0 saturated heterocycles. The zero-order valence-corrected chi connectivity index (χ0v) is 11.4. The summed E-state index contributed by atoms with van der Waals surface area (Å²) < 4.78 is 6.40. The Bertz CT molecular complexity index is 406. The van der Waals surface area contributed by atoms with E-state index in [4.69, 9.17) is 10.5 Å². The lowest BCUT2D eigenvalue weighted by molar-refractivity contribution is 0.405. The fraction of sp³-hybridized carbons (Fsp3) is 0.583. The molecule has 3 nitrogen and oxygen atoms in total. The van der Waals surface area contributed by atoms with Gasteiger partial charge in [-0.15, -0.1) is 0 Å². The number of methoxy groups -OCH3 is 1. The minimum absolute atomic E-state index is 0.256. The Morgan fingerprint density at radius 2 is 2.19 bits per heavy atom. The van der Waals surface area contributed by atoms with E-state index in [0.717, 1.165) is 16.8 Å². The van der Waals surface area contributed by atoms with E-state index in [9.17, 15) is 0 Å². The van der Waals surface area contributed by atoms with Crippen LogP contribution in [0, 0.1) is 11.3 Å². The predicted molar refractivity (Wildman–Crippen MR) is 67.6 cm³/mol. The number of ether oxygens (including phenoxy) is 1. The maximum atomic E-state index is 5.81. The highest BCUT2D eigenvalue weighted by Gasteiger charge is 2.58. The second-order valence-electron chi connectivity index (χ2n) is 4.88. The van der Waals surface area contributed by atoms with Gasteiger partial charge in [0.15, 0.2) is 0 Å². The van der Waals surface area contributed by atoms with Crippen LogP contribution in [0.2, 0.25) is 0 Å². The number of rotatable bonds is 3. The van der Waals surface area contributed by atoms with Crippen molar-refractivity contribution in [2.45, 2.75) is 19.8 Å². The van der Waals surface area contributed by atoms with Crippen LogP contribution >= 0.6 is 15.9 Å². The van der Waals surface area contributed by atoms with Crippen LogP contribution in [0.3, 0.4) is 0 Å². The lowest BCUT2D eigenvalue weighted by atomic mass is 10.0. The van der Waals surface area contributed by atoms with Crippen LogP contribution in [-0.2, 0) is 0 Å². The second-order valence-corrected chi connectivity index (χ2v) is 5.73. The highest BCUT2D eigenvalue weighted by molar-refractivity contribution is 9.10. The number of nitrogens with two attached hydrogens (primary N) is 1. The van der Waals surface area contributed by atoms with Crippen LogP contribution < -0.4 is 10.5 Å². The van der Waals surface area contributed by atoms with E-state index in [2.05, 4.69) is 34.8 Å². The summed E-state index contributed by atoms with van der Waals surface area (Å²) in [6.07, 6.45) is 3.59.